The highest BCUT2D eigenvalue weighted by molar-refractivity contribution is 6.36. The van der Waals surface area contributed by atoms with Crippen LogP contribution < -0.4 is 0 Å². The summed E-state index contributed by atoms with van der Waals surface area (Å²) in [4.78, 5) is 8.51. The van der Waals surface area contributed by atoms with E-state index < -0.39 is 0 Å². The third-order valence-corrected chi connectivity index (χ3v) is 3.80. The summed E-state index contributed by atoms with van der Waals surface area (Å²) in [5.74, 6) is 0. The molecule has 2 aliphatic rings. The van der Waals surface area contributed by atoms with Crippen LogP contribution in [0.15, 0.2) is 87.6 Å². The van der Waals surface area contributed by atoms with Gasteiger partial charge in [-0.2, -0.15) is 9.98 Å². The van der Waals surface area contributed by atoms with Crippen LogP contribution in [0.1, 0.15) is 6.42 Å². The van der Waals surface area contributed by atoms with Gasteiger partial charge in [-0.15, -0.1) is 0 Å². The van der Waals surface area contributed by atoms with Crippen molar-refractivity contribution in [2.45, 2.75) is 6.42 Å². The van der Waals surface area contributed by atoms with E-state index in [9.17, 15) is 0 Å². The number of aliphatic imine (C=N–C) groups is 2. The van der Waals surface area contributed by atoms with E-state index in [1.54, 1.807) is 18.2 Å². The van der Waals surface area contributed by atoms with Crippen LogP contribution in [0.4, 0.5) is 5.69 Å². The second-order valence-corrected chi connectivity index (χ2v) is 5.67. The molecule has 2 nitrogen and oxygen atoms in total. The van der Waals surface area contributed by atoms with Gasteiger partial charge in [0.25, 0.3) is 0 Å². The molecule has 1 aromatic carbocycles. The van der Waals surface area contributed by atoms with E-state index in [4.69, 9.17) is 23.2 Å². The lowest BCUT2D eigenvalue weighted by Crippen LogP contribution is -1.86. The number of benzene rings is 1. The Bertz CT molecular complexity index is 817. The number of hydrogen-bond acceptors (Lipinski definition) is 2. The summed E-state index contributed by atoms with van der Waals surface area (Å²) in [6.07, 6.45) is 15.1. The second kappa shape index (κ2) is 6.76. The van der Waals surface area contributed by atoms with Crippen molar-refractivity contribution >= 4 is 34.9 Å². The van der Waals surface area contributed by atoms with Gasteiger partial charge in [0.2, 0.25) is 0 Å². The third-order valence-electron chi connectivity index (χ3n) is 3.26. The van der Waals surface area contributed by atoms with Gasteiger partial charge in [0, 0.05) is 5.02 Å². The summed E-state index contributed by atoms with van der Waals surface area (Å²) >= 11 is 11.9. The number of halogens is 2. The van der Waals surface area contributed by atoms with Crippen LogP contribution >= 0.6 is 23.2 Å². The molecule has 0 unspecified atom stereocenters. The Morgan fingerprint density at radius 2 is 1.82 bits per heavy atom. The van der Waals surface area contributed by atoms with E-state index in [1.807, 2.05) is 24.3 Å². The zero-order valence-corrected chi connectivity index (χ0v) is 13.1. The highest BCUT2D eigenvalue weighted by Crippen LogP contribution is 2.28. The molecule has 0 aromatic heterocycles. The normalized spacial score (nSPS) is 15.8. The van der Waals surface area contributed by atoms with Gasteiger partial charge >= 0.3 is 0 Å². The van der Waals surface area contributed by atoms with Gasteiger partial charge in [0.15, 0.2) is 0 Å². The Morgan fingerprint density at radius 3 is 2.68 bits per heavy atom. The summed E-state index contributed by atoms with van der Waals surface area (Å²) in [5.41, 5.74) is 3.82. The standard InChI is InChI=1S/C18H12Cl2N2/c19-15-8-9-18(16(20)11-15)22-12-21-17-7-3-5-13-4-1-2-6-14(17)10-13/h1-9,11H,10H2. The fourth-order valence-electron chi connectivity index (χ4n) is 2.16. The van der Waals surface area contributed by atoms with Gasteiger partial charge in [-0.3, -0.25) is 0 Å². The van der Waals surface area contributed by atoms with Crippen LogP contribution in [0, 0.1) is 0 Å². The monoisotopic (exact) mass is 326 g/mol. The van der Waals surface area contributed by atoms with Gasteiger partial charge in [0.05, 0.1) is 16.4 Å². The van der Waals surface area contributed by atoms with Crippen molar-refractivity contribution in [2.24, 2.45) is 9.98 Å². The number of fused-ring (bicyclic) bond motifs is 2. The molecule has 4 heteroatoms. The quantitative estimate of drug-likeness (QED) is 0.589. The Morgan fingerprint density at radius 1 is 0.955 bits per heavy atom. The van der Waals surface area contributed by atoms with E-state index >= 15 is 0 Å². The molecule has 22 heavy (non-hydrogen) atoms. The van der Waals surface area contributed by atoms with Crippen molar-refractivity contribution in [3.8, 4) is 0 Å². The molecular weight excluding hydrogens is 315 g/mol. The van der Waals surface area contributed by atoms with Gasteiger partial charge in [-0.1, -0.05) is 59.7 Å². The maximum atomic E-state index is 6.07. The molecule has 0 fully saturated rings. The molecule has 2 bridgehead atoms. The molecule has 0 N–H and O–H groups in total. The molecule has 0 atom stereocenters. The lowest BCUT2D eigenvalue weighted by atomic mass is 10.1. The van der Waals surface area contributed by atoms with Crippen LogP contribution in [-0.4, -0.2) is 6.01 Å². The van der Waals surface area contributed by atoms with Crippen LogP contribution in [-0.2, 0) is 0 Å². The Kier molecular flexibility index (Phi) is 4.55. The lowest BCUT2D eigenvalue weighted by molar-refractivity contribution is 1.15. The Labute approximate surface area is 139 Å². The molecule has 0 radical (unpaired) electrons. The minimum atomic E-state index is 0.478. The topological polar surface area (TPSA) is 24.7 Å². The molecule has 108 valence electrons. The minimum Gasteiger partial charge on any atom is -0.187 e. The lowest BCUT2D eigenvalue weighted by Gasteiger charge is -2.03. The summed E-state index contributed by atoms with van der Waals surface area (Å²) in [6.45, 7) is 0. The average Bonchev–Trinajstić information content (AvgIpc) is 2.84. The van der Waals surface area contributed by atoms with E-state index in [0.717, 1.165) is 17.7 Å². The predicted octanol–water partition coefficient (Wildman–Crippen LogP) is 6.07. The number of hydrogen-bond donors (Lipinski definition) is 0. The first kappa shape index (κ1) is 14.8. The van der Waals surface area contributed by atoms with Crippen molar-refractivity contribution in [1.82, 2.24) is 0 Å². The molecule has 2 aliphatic carbocycles. The fraction of sp³-hybridized carbons (Fsp3) is 0.0556. The van der Waals surface area contributed by atoms with Crippen molar-refractivity contribution in [3.63, 3.8) is 0 Å². The molecule has 0 saturated heterocycles. The molecule has 0 heterocycles. The first-order chi connectivity index (χ1) is 10.7. The van der Waals surface area contributed by atoms with Crippen LogP contribution in [0.2, 0.25) is 10.0 Å². The third kappa shape index (κ3) is 3.55. The van der Waals surface area contributed by atoms with Crippen molar-refractivity contribution in [2.75, 3.05) is 0 Å². The number of allylic oxidation sites excluding steroid dienone is 9. The Balaban J connectivity index is 1.88. The molecule has 3 rings (SSSR count). The second-order valence-electron chi connectivity index (χ2n) is 4.83. The van der Waals surface area contributed by atoms with Crippen LogP contribution in [0.3, 0.4) is 0 Å². The zero-order valence-electron chi connectivity index (χ0n) is 11.6. The van der Waals surface area contributed by atoms with Crippen LogP contribution in [0.25, 0.3) is 0 Å². The largest absolute Gasteiger partial charge is 0.187 e. The van der Waals surface area contributed by atoms with E-state index in [2.05, 4.69) is 34.2 Å². The number of rotatable bonds is 2. The summed E-state index contributed by atoms with van der Waals surface area (Å²) in [5, 5.41) is 1.05. The Hall–Kier alpha value is -2.12. The van der Waals surface area contributed by atoms with Gasteiger partial charge in [-0.25, -0.2) is 0 Å². The SMILES string of the molecule is Clc1ccc(N=C=NC2=CC=CC3=CC=CC=C2C3)c(Cl)c1. The number of nitrogens with zero attached hydrogens (tertiary/aromatic N) is 2. The van der Waals surface area contributed by atoms with Crippen LogP contribution in [0.5, 0.6) is 0 Å². The minimum absolute atomic E-state index is 0.478. The molecule has 0 aliphatic heterocycles. The smallest absolute Gasteiger partial charge is 0.101 e. The fourth-order valence-corrected chi connectivity index (χ4v) is 2.61. The summed E-state index contributed by atoms with van der Waals surface area (Å²) in [7, 11) is 0. The van der Waals surface area contributed by atoms with Gasteiger partial charge in [-0.05, 0) is 41.8 Å². The van der Waals surface area contributed by atoms with Gasteiger partial charge < -0.3 is 0 Å². The highest BCUT2D eigenvalue weighted by Gasteiger charge is 2.09. The maximum absolute atomic E-state index is 6.07. The first-order valence-electron chi connectivity index (χ1n) is 6.79. The molecule has 0 saturated carbocycles. The van der Waals surface area contributed by atoms with Crippen molar-refractivity contribution in [3.05, 3.63) is 87.6 Å². The maximum Gasteiger partial charge on any atom is 0.101 e. The van der Waals surface area contributed by atoms with Gasteiger partial charge in [0.1, 0.15) is 6.01 Å². The van der Waals surface area contributed by atoms with E-state index in [-0.39, 0.29) is 0 Å². The summed E-state index contributed by atoms with van der Waals surface area (Å²) < 4.78 is 0. The molecule has 0 spiro atoms. The van der Waals surface area contributed by atoms with Crippen molar-refractivity contribution < 1.29 is 0 Å². The zero-order chi connectivity index (χ0) is 15.4. The molecule has 0 amide bonds. The molecule has 1 aromatic rings. The predicted molar refractivity (Wildman–Crippen MR) is 93.1 cm³/mol. The highest BCUT2D eigenvalue weighted by atomic mass is 35.5. The van der Waals surface area contributed by atoms with E-state index in [0.29, 0.717) is 15.7 Å². The average molecular weight is 327 g/mol. The van der Waals surface area contributed by atoms with E-state index in [1.165, 1.54) is 5.57 Å². The van der Waals surface area contributed by atoms with Crippen molar-refractivity contribution in [1.29, 1.82) is 0 Å². The first-order valence-corrected chi connectivity index (χ1v) is 7.54. The molecular formula is C18H12Cl2N2. The summed E-state index contributed by atoms with van der Waals surface area (Å²) in [6, 6.07) is 7.84.